The van der Waals surface area contributed by atoms with Crippen LogP contribution in [0.15, 0.2) is 29.2 Å². The van der Waals surface area contributed by atoms with Gasteiger partial charge in [-0.2, -0.15) is 4.31 Å². The van der Waals surface area contributed by atoms with Crippen molar-refractivity contribution in [2.24, 2.45) is 0 Å². The van der Waals surface area contributed by atoms with Crippen molar-refractivity contribution in [1.29, 1.82) is 0 Å². The second-order valence-corrected chi connectivity index (χ2v) is 6.28. The highest BCUT2D eigenvalue weighted by Crippen LogP contribution is 2.17. The number of hydrogen-bond donors (Lipinski definition) is 0. The van der Waals surface area contributed by atoms with Gasteiger partial charge in [-0.1, -0.05) is 35.0 Å². The molecule has 0 unspecified atom stereocenters. The Bertz CT molecular complexity index is 527. The summed E-state index contributed by atoms with van der Waals surface area (Å²) in [6, 6.07) is 6.53. The zero-order valence-corrected chi connectivity index (χ0v) is 13.2. The number of likely N-dealkylation sites (N-methyl/N-ethyl adjacent to an activating group) is 1. The van der Waals surface area contributed by atoms with E-state index in [1.807, 2.05) is 0 Å². The van der Waals surface area contributed by atoms with Gasteiger partial charge in [0, 0.05) is 11.9 Å². The minimum Gasteiger partial charge on any atom is -0.468 e. The van der Waals surface area contributed by atoms with Gasteiger partial charge in [-0.25, -0.2) is 8.42 Å². The Hall–Kier alpha value is -0.920. The van der Waals surface area contributed by atoms with Gasteiger partial charge >= 0.3 is 5.97 Å². The maximum Gasteiger partial charge on any atom is 0.321 e. The number of rotatable bonds is 6. The average molecular weight is 350 g/mol. The number of methoxy groups -OCH3 is 1. The topological polar surface area (TPSA) is 63.7 Å². The number of nitrogens with zero attached hydrogens (tertiary/aromatic N) is 1. The van der Waals surface area contributed by atoms with E-state index in [1.165, 1.54) is 19.2 Å². The molecule has 0 N–H and O–H groups in total. The molecule has 0 atom stereocenters. The molecular weight excluding hydrogens is 334 g/mol. The maximum absolute atomic E-state index is 12.3. The molecule has 0 saturated heterocycles. The van der Waals surface area contributed by atoms with Gasteiger partial charge in [-0.3, -0.25) is 4.79 Å². The molecule has 0 fully saturated rings. The summed E-state index contributed by atoms with van der Waals surface area (Å²) in [6.07, 6.45) is 0. The van der Waals surface area contributed by atoms with Crippen molar-refractivity contribution in [2.75, 3.05) is 20.2 Å². The summed E-state index contributed by atoms with van der Waals surface area (Å²) in [7, 11) is -2.43. The number of alkyl halides is 1. The van der Waals surface area contributed by atoms with Crippen LogP contribution < -0.4 is 0 Å². The highest BCUT2D eigenvalue weighted by molar-refractivity contribution is 9.08. The van der Waals surface area contributed by atoms with E-state index >= 15 is 0 Å². The SMILES string of the molecule is CCN(CC(=O)OC)S(=O)(=O)c1ccc(CBr)cc1. The first-order valence-corrected chi connectivity index (χ1v) is 8.23. The molecule has 5 nitrogen and oxygen atoms in total. The fourth-order valence-electron chi connectivity index (χ4n) is 1.47. The third-order valence-electron chi connectivity index (χ3n) is 2.60. The molecule has 0 heterocycles. The highest BCUT2D eigenvalue weighted by Gasteiger charge is 2.25. The molecule has 0 aliphatic carbocycles. The van der Waals surface area contributed by atoms with Gasteiger partial charge < -0.3 is 4.74 Å². The van der Waals surface area contributed by atoms with Gasteiger partial charge in [0.2, 0.25) is 10.0 Å². The molecule has 0 saturated carbocycles. The van der Waals surface area contributed by atoms with Crippen molar-refractivity contribution in [1.82, 2.24) is 4.31 Å². The summed E-state index contributed by atoms with van der Waals surface area (Å²) in [4.78, 5) is 11.4. The lowest BCUT2D eigenvalue weighted by Crippen LogP contribution is -2.36. The highest BCUT2D eigenvalue weighted by atomic mass is 79.9. The third kappa shape index (κ3) is 4.02. The number of ether oxygens (including phenoxy) is 1. The minimum absolute atomic E-state index is 0.169. The van der Waals surface area contributed by atoms with Crippen molar-refractivity contribution in [3.05, 3.63) is 29.8 Å². The Morgan fingerprint density at radius 3 is 2.32 bits per heavy atom. The predicted molar refractivity (Wildman–Crippen MR) is 75.5 cm³/mol. The van der Waals surface area contributed by atoms with Crippen LogP contribution >= 0.6 is 15.9 Å². The number of carbonyl (C=O) groups excluding carboxylic acids is 1. The summed E-state index contributed by atoms with van der Waals surface area (Å²) < 4.78 is 30.2. The Labute approximate surface area is 121 Å². The first-order valence-electron chi connectivity index (χ1n) is 5.67. The van der Waals surface area contributed by atoms with Gasteiger partial charge in [-0.05, 0) is 17.7 Å². The molecule has 0 aliphatic rings. The smallest absolute Gasteiger partial charge is 0.321 e. The fourth-order valence-corrected chi connectivity index (χ4v) is 3.24. The van der Waals surface area contributed by atoms with Gasteiger partial charge in [0.1, 0.15) is 6.54 Å². The Kier molecular flexibility index (Phi) is 5.96. The molecule has 0 bridgehead atoms. The second-order valence-electron chi connectivity index (χ2n) is 3.78. The van der Waals surface area contributed by atoms with E-state index in [-0.39, 0.29) is 18.0 Å². The molecule has 0 amide bonds. The first-order chi connectivity index (χ1) is 8.95. The van der Waals surface area contributed by atoms with E-state index in [0.717, 1.165) is 9.87 Å². The van der Waals surface area contributed by atoms with Crippen molar-refractivity contribution in [2.45, 2.75) is 17.1 Å². The van der Waals surface area contributed by atoms with E-state index in [4.69, 9.17) is 0 Å². The standard InChI is InChI=1S/C12H16BrNO4S/c1-3-14(9-12(15)18-2)19(16,17)11-6-4-10(8-13)5-7-11/h4-7H,3,8-9H2,1-2H3. The zero-order chi connectivity index (χ0) is 14.5. The number of hydrogen-bond acceptors (Lipinski definition) is 4. The molecule has 1 aromatic rings. The molecule has 0 radical (unpaired) electrons. The Morgan fingerprint density at radius 2 is 1.89 bits per heavy atom. The van der Waals surface area contributed by atoms with Gasteiger partial charge in [0.05, 0.1) is 12.0 Å². The molecule has 0 aromatic heterocycles. The molecule has 19 heavy (non-hydrogen) atoms. The van der Waals surface area contributed by atoms with Crippen LogP contribution in [0, 0.1) is 0 Å². The zero-order valence-electron chi connectivity index (χ0n) is 10.8. The summed E-state index contributed by atoms with van der Waals surface area (Å²) in [5.74, 6) is -0.581. The van der Waals surface area contributed by atoms with Crippen molar-refractivity contribution in [3.63, 3.8) is 0 Å². The number of sulfonamides is 1. The van der Waals surface area contributed by atoms with E-state index in [9.17, 15) is 13.2 Å². The largest absolute Gasteiger partial charge is 0.468 e. The normalized spacial score (nSPS) is 11.6. The lowest BCUT2D eigenvalue weighted by Gasteiger charge is -2.19. The van der Waals surface area contributed by atoms with Crippen LogP contribution in [-0.4, -0.2) is 38.9 Å². The average Bonchev–Trinajstić information content (AvgIpc) is 2.44. The monoisotopic (exact) mass is 349 g/mol. The van der Waals surface area contributed by atoms with Crippen LogP contribution in [0.5, 0.6) is 0 Å². The maximum atomic E-state index is 12.3. The lowest BCUT2D eigenvalue weighted by atomic mass is 10.2. The molecule has 7 heteroatoms. The van der Waals surface area contributed by atoms with Crippen molar-refractivity contribution < 1.29 is 17.9 Å². The quantitative estimate of drug-likeness (QED) is 0.579. The number of halogens is 1. The molecule has 1 rings (SSSR count). The van der Waals surface area contributed by atoms with E-state index in [2.05, 4.69) is 20.7 Å². The van der Waals surface area contributed by atoms with Crippen LogP contribution in [-0.2, 0) is 24.9 Å². The molecule has 106 valence electrons. The van der Waals surface area contributed by atoms with Gasteiger partial charge in [0.15, 0.2) is 0 Å². The molecule has 1 aromatic carbocycles. The fraction of sp³-hybridized carbons (Fsp3) is 0.417. The van der Waals surface area contributed by atoms with Crippen LogP contribution in [0.25, 0.3) is 0 Å². The summed E-state index contributed by atoms with van der Waals surface area (Å²) in [5, 5.41) is 0.660. The van der Waals surface area contributed by atoms with E-state index < -0.39 is 16.0 Å². The summed E-state index contributed by atoms with van der Waals surface area (Å²) in [6.45, 7) is 1.60. The third-order valence-corrected chi connectivity index (χ3v) is 5.18. The van der Waals surface area contributed by atoms with Gasteiger partial charge in [0.25, 0.3) is 0 Å². The van der Waals surface area contributed by atoms with Gasteiger partial charge in [-0.15, -0.1) is 0 Å². The number of esters is 1. The van der Waals surface area contributed by atoms with Crippen LogP contribution in [0.2, 0.25) is 0 Å². The lowest BCUT2D eigenvalue weighted by molar-refractivity contribution is -0.140. The van der Waals surface area contributed by atoms with Crippen LogP contribution in [0.3, 0.4) is 0 Å². The van der Waals surface area contributed by atoms with E-state index in [0.29, 0.717) is 5.33 Å². The van der Waals surface area contributed by atoms with Crippen LogP contribution in [0.1, 0.15) is 12.5 Å². The Balaban J connectivity index is 3.02. The first kappa shape index (κ1) is 16.1. The van der Waals surface area contributed by atoms with E-state index in [1.54, 1.807) is 19.1 Å². The molecule has 0 spiro atoms. The predicted octanol–water partition coefficient (Wildman–Crippen LogP) is 1.77. The number of benzene rings is 1. The summed E-state index contributed by atoms with van der Waals surface area (Å²) in [5.41, 5.74) is 0.981. The second kappa shape index (κ2) is 7.02. The number of carbonyl (C=O) groups is 1. The van der Waals surface area contributed by atoms with Crippen molar-refractivity contribution in [3.8, 4) is 0 Å². The molecule has 0 aliphatic heterocycles. The van der Waals surface area contributed by atoms with Crippen LogP contribution in [0.4, 0.5) is 0 Å². The Morgan fingerprint density at radius 1 is 1.32 bits per heavy atom. The van der Waals surface area contributed by atoms with Crippen molar-refractivity contribution >= 4 is 31.9 Å². The minimum atomic E-state index is -3.66. The molecular formula is C12H16BrNO4S. The summed E-state index contributed by atoms with van der Waals surface area (Å²) >= 11 is 3.30.